The van der Waals surface area contributed by atoms with Crippen molar-refractivity contribution >= 4 is 34.2 Å². The Labute approximate surface area is 167 Å². The van der Waals surface area contributed by atoms with Gasteiger partial charge in [0.25, 0.3) is 11.7 Å². The number of benzene rings is 1. The molecule has 2 N–H and O–H groups in total. The summed E-state index contributed by atoms with van der Waals surface area (Å²) in [4.78, 5) is 32.2. The molecule has 1 aromatic carbocycles. The highest BCUT2D eigenvalue weighted by molar-refractivity contribution is 6.45. The predicted molar refractivity (Wildman–Crippen MR) is 107 cm³/mol. The quantitative estimate of drug-likeness (QED) is 0.505. The molecule has 1 saturated carbocycles. The zero-order valence-electron chi connectivity index (χ0n) is 15.2. The number of rotatable bonds is 5. The standard InChI is InChI=1S/C21H20ClN3O3/c22-13-5-10-19(24-11-13)28-15-8-6-14(7-9-15)25-21(27)20(26)17-12-23-18-4-2-1-3-16(17)18/h1-5,10-12,14-15,23H,6-9H2,(H,25,27). The summed E-state index contributed by atoms with van der Waals surface area (Å²) in [6.45, 7) is 0. The molecule has 0 radical (unpaired) electrons. The lowest BCUT2D eigenvalue weighted by molar-refractivity contribution is -0.118. The van der Waals surface area contributed by atoms with Crippen molar-refractivity contribution in [2.24, 2.45) is 0 Å². The SMILES string of the molecule is O=C(NC1CCC(Oc2ccc(Cl)cn2)CC1)C(=O)c1c[nH]c2ccccc12. The Balaban J connectivity index is 1.31. The Morgan fingerprint density at radius 1 is 1.11 bits per heavy atom. The number of Topliss-reactive ketones (excluding diaryl/α,β-unsaturated/α-hetero) is 1. The first-order valence-electron chi connectivity index (χ1n) is 9.29. The number of ketones is 1. The van der Waals surface area contributed by atoms with E-state index in [4.69, 9.17) is 16.3 Å². The molecule has 28 heavy (non-hydrogen) atoms. The summed E-state index contributed by atoms with van der Waals surface area (Å²) in [5.41, 5.74) is 1.24. The highest BCUT2D eigenvalue weighted by Crippen LogP contribution is 2.24. The molecule has 2 aromatic heterocycles. The van der Waals surface area contributed by atoms with Crippen molar-refractivity contribution < 1.29 is 14.3 Å². The van der Waals surface area contributed by atoms with Crippen LogP contribution in [0.1, 0.15) is 36.0 Å². The molecule has 4 rings (SSSR count). The Morgan fingerprint density at radius 3 is 2.64 bits per heavy atom. The van der Waals surface area contributed by atoms with Gasteiger partial charge in [0.15, 0.2) is 0 Å². The van der Waals surface area contributed by atoms with Gasteiger partial charge >= 0.3 is 0 Å². The maximum Gasteiger partial charge on any atom is 0.292 e. The molecular weight excluding hydrogens is 378 g/mol. The summed E-state index contributed by atoms with van der Waals surface area (Å²) >= 11 is 5.83. The lowest BCUT2D eigenvalue weighted by Crippen LogP contribution is -2.42. The molecule has 2 heterocycles. The largest absolute Gasteiger partial charge is 0.474 e. The second-order valence-electron chi connectivity index (χ2n) is 6.96. The van der Waals surface area contributed by atoms with Gasteiger partial charge in [-0.05, 0) is 37.8 Å². The van der Waals surface area contributed by atoms with Crippen LogP contribution in [-0.4, -0.2) is 33.8 Å². The van der Waals surface area contributed by atoms with E-state index in [0.29, 0.717) is 16.5 Å². The number of nitrogens with one attached hydrogen (secondary N) is 2. The minimum absolute atomic E-state index is 0.0281. The van der Waals surface area contributed by atoms with Crippen LogP contribution in [0.5, 0.6) is 5.88 Å². The highest BCUT2D eigenvalue weighted by atomic mass is 35.5. The highest BCUT2D eigenvalue weighted by Gasteiger charge is 2.27. The van der Waals surface area contributed by atoms with Crippen molar-refractivity contribution in [2.75, 3.05) is 0 Å². The molecule has 144 valence electrons. The molecule has 6 nitrogen and oxygen atoms in total. The van der Waals surface area contributed by atoms with E-state index >= 15 is 0 Å². The van der Waals surface area contributed by atoms with Crippen molar-refractivity contribution in [2.45, 2.75) is 37.8 Å². The molecular formula is C21H20ClN3O3. The fourth-order valence-corrected chi connectivity index (χ4v) is 3.67. The number of H-pyrrole nitrogens is 1. The van der Waals surface area contributed by atoms with Gasteiger partial charge in [-0.15, -0.1) is 0 Å². The van der Waals surface area contributed by atoms with Crippen molar-refractivity contribution in [3.05, 3.63) is 59.4 Å². The van der Waals surface area contributed by atoms with E-state index in [-0.39, 0.29) is 12.1 Å². The van der Waals surface area contributed by atoms with Crippen LogP contribution in [0.2, 0.25) is 5.02 Å². The number of ether oxygens (including phenoxy) is 1. The number of aromatic amines is 1. The smallest absolute Gasteiger partial charge is 0.292 e. The first kappa shape index (κ1) is 18.5. The third-order valence-electron chi connectivity index (χ3n) is 5.04. The number of carbonyl (C=O) groups excluding carboxylic acids is 2. The first-order chi connectivity index (χ1) is 13.6. The lowest BCUT2D eigenvalue weighted by Gasteiger charge is -2.29. The van der Waals surface area contributed by atoms with E-state index < -0.39 is 11.7 Å². The van der Waals surface area contributed by atoms with Crippen LogP contribution in [-0.2, 0) is 4.79 Å². The van der Waals surface area contributed by atoms with Crippen molar-refractivity contribution in [1.82, 2.24) is 15.3 Å². The predicted octanol–water partition coefficient (Wildman–Crippen LogP) is 3.91. The number of pyridine rings is 1. The lowest BCUT2D eigenvalue weighted by atomic mass is 9.92. The number of amides is 1. The average molecular weight is 398 g/mol. The number of fused-ring (bicyclic) bond motifs is 1. The molecule has 1 aliphatic carbocycles. The van der Waals surface area contributed by atoms with Gasteiger partial charge in [-0.25, -0.2) is 4.98 Å². The summed E-state index contributed by atoms with van der Waals surface area (Å²) < 4.78 is 5.86. The molecule has 1 fully saturated rings. The average Bonchev–Trinajstić information content (AvgIpc) is 3.14. The van der Waals surface area contributed by atoms with Crippen molar-refractivity contribution in [3.8, 4) is 5.88 Å². The first-order valence-corrected chi connectivity index (χ1v) is 9.67. The number of carbonyl (C=O) groups is 2. The third-order valence-corrected chi connectivity index (χ3v) is 5.26. The molecule has 0 aliphatic heterocycles. The fraction of sp³-hybridized carbons (Fsp3) is 0.286. The molecule has 0 spiro atoms. The maximum absolute atomic E-state index is 12.6. The Bertz CT molecular complexity index is 992. The molecule has 0 atom stereocenters. The van der Waals surface area contributed by atoms with Crippen LogP contribution in [0.15, 0.2) is 48.8 Å². The number of para-hydroxylation sites is 1. The molecule has 0 unspecified atom stereocenters. The van der Waals surface area contributed by atoms with Gasteiger partial charge in [0.05, 0.1) is 10.6 Å². The monoisotopic (exact) mass is 397 g/mol. The molecule has 1 amide bonds. The van der Waals surface area contributed by atoms with Crippen LogP contribution < -0.4 is 10.1 Å². The molecule has 0 bridgehead atoms. The summed E-state index contributed by atoms with van der Waals surface area (Å²) in [6, 6.07) is 10.9. The van der Waals surface area contributed by atoms with Gasteiger partial charge < -0.3 is 15.0 Å². The number of aromatic nitrogens is 2. The molecule has 1 aliphatic rings. The van der Waals surface area contributed by atoms with Gasteiger partial charge in [0.2, 0.25) is 5.88 Å². The molecule has 7 heteroatoms. The van der Waals surface area contributed by atoms with Gasteiger partial charge in [0, 0.05) is 35.4 Å². The van der Waals surface area contributed by atoms with Crippen molar-refractivity contribution in [1.29, 1.82) is 0 Å². The van der Waals surface area contributed by atoms with Gasteiger partial charge in [-0.2, -0.15) is 0 Å². The maximum atomic E-state index is 12.6. The van der Waals surface area contributed by atoms with Gasteiger partial charge in [0.1, 0.15) is 6.10 Å². The van der Waals surface area contributed by atoms with Crippen LogP contribution in [0.25, 0.3) is 10.9 Å². The number of hydrogen-bond donors (Lipinski definition) is 2. The van der Waals surface area contributed by atoms with Crippen LogP contribution >= 0.6 is 11.6 Å². The van der Waals surface area contributed by atoms with E-state index in [2.05, 4.69) is 15.3 Å². The minimum atomic E-state index is -0.562. The molecule has 3 aromatic rings. The minimum Gasteiger partial charge on any atom is -0.474 e. The molecule has 0 saturated heterocycles. The second kappa shape index (κ2) is 8.02. The van der Waals surface area contributed by atoms with Crippen LogP contribution in [0.3, 0.4) is 0 Å². The number of hydrogen-bond acceptors (Lipinski definition) is 4. The zero-order valence-corrected chi connectivity index (χ0v) is 15.9. The van der Waals surface area contributed by atoms with Gasteiger partial charge in [-0.1, -0.05) is 29.8 Å². The second-order valence-corrected chi connectivity index (χ2v) is 7.39. The van der Waals surface area contributed by atoms with Crippen molar-refractivity contribution in [3.63, 3.8) is 0 Å². The normalized spacial score (nSPS) is 19.3. The Kier molecular flexibility index (Phi) is 5.30. The topological polar surface area (TPSA) is 84.1 Å². The van der Waals surface area contributed by atoms with Crippen LogP contribution in [0.4, 0.5) is 0 Å². The number of halogens is 1. The Hall–Kier alpha value is -2.86. The summed E-state index contributed by atoms with van der Waals surface area (Å²) in [6.07, 6.45) is 6.28. The summed E-state index contributed by atoms with van der Waals surface area (Å²) in [5, 5.41) is 4.20. The van der Waals surface area contributed by atoms with E-state index in [1.54, 1.807) is 24.5 Å². The summed E-state index contributed by atoms with van der Waals surface area (Å²) in [5.74, 6) is -0.527. The van der Waals surface area contributed by atoms with E-state index in [0.717, 1.165) is 36.6 Å². The van der Waals surface area contributed by atoms with Crippen LogP contribution in [0, 0.1) is 0 Å². The number of nitrogens with zero attached hydrogens (tertiary/aromatic N) is 1. The van der Waals surface area contributed by atoms with E-state index in [9.17, 15) is 9.59 Å². The van der Waals surface area contributed by atoms with E-state index in [1.807, 2.05) is 24.3 Å². The van der Waals surface area contributed by atoms with E-state index in [1.165, 1.54) is 0 Å². The van der Waals surface area contributed by atoms with Gasteiger partial charge in [-0.3, -0.25) is 9.59 Å². The zero-order chi connectivity index (χ0) is 19.5. The fourth-order valence-electron chi connectivity index (χ4n) is 3.56. The Morgan fingerprint density at radius 2 is 1.89 bits per heavy atom. The third kappa shape index (κ3) is 4.02. The summed E-state index contributed by atoms with van der Waals surface area (Å²) in [7, 11) is 0.